The van der Waals surface area contributed by atoms with Gasteiger partial charge in [-0.25, -0.2) is 4.98 Å². The van der Waals surface area contributed by atoms with Gasteiger partial charge in [0.05, 0.1) is 17.6 Å². The van der Waals surface area contributed by atoms with Gasteiger partial charge in [-0.05, 0) is 45.3 Å². The highest BCUT2D eigenvalue weighted by Gasteiger charge is 2.18. The molecule has 0 spiro atoms. The summed E-state index contributed by atoms with van der Waals surface area (Å²) in [5, 5.41) is 0. The van der Waals surface area contributed by atoms with Gasteiger partial charge in [-0.1, -0.05) is 30.3 Å². The van der Waals surface area contributed by atoms with Crippen LogP contribution in [-0.2, 0) is 17.9 Å². The number of rotatable bonds is 6. The largest absolute Gasteiger partial charge is 0.317 e. The number of likely N-dealkylation sites (N-methyl/N-ethyl adjacent to an activating group) is 1. The topological polar surface area (TPSA) is 41.4 Å². The molecule has 5 heteroatoms. The molecule has 3 aromatic rings. The van der Waals surface area contributed by atoms with Gasteiger partial charge >= 0.3 is 0 Å². The van der Waals surface area contributed by atoms with Crippen LogP contribution in [0.15, 0.2) is 54.6 Å². The molecular weight excluding hydrogens is 312 g/mol. The van der Waals surface area contributed by atoms with Gasteiger partial charge in [-0.3, -0.25) is 4.79 Å². The number of fused-ring (bicyclic) bond motifs is 1. The fourth-order valence-corrected chi connectivity index (χ4v) is 3.04. The Bertz CT molecular complexity index is 855. The third-order valence-electron chi connectivity index (χ3n) is 4.17. The van der Waals surface area contributed by atoms with Gasteiger partial charge in [0.25, 0.3) is 0 Å². The molecule has 0 atom stereocenters. The Morgan fingerprint density at radius 3 is 2.40 bits per heavy atom. The van der Waals surface area contributed by atoms with Crippen molar-refractivity contribution in [2.75, 3.05) is 25.5 Å². The van der Waals surface area contributed by atoms with Crippen LogP contribution in [0.5, 0.6) is 0 Å². The first kappa shape index (κ1) is 17.2. The van der Waals surface area contributed by atoms with E-state index in [1.807, 2.05) is 85.1 Å². The summed E-state index contributed by atoms with van der Waals surface area (Å²) in [6, 6.07) is 17.8. The van der Waals surface area contributed by atoms with Crippen molar-refractivity contribution >= 4 is 22.6 Å². The maximum Gasteiger partial charge on any atom is 0.246 e. The summed E-state index contributed by atoms with van der Waals surface area (Å²) in [5.74, 6) is 0.973. The van der Waals surface area contributed by atoms with Gasteiger partial charge < -0.3 is 14.4 Å². The highest BCUT2D eigenvalue weighted by Crippen LogP contribution is 2.19. The van der Waals surface area contributed by atoms with Crippen LogP contribution in [0.3, 0.4) is 0 Å². The van der Waals surface area contributed by atoms with E-state index in [0.717, 1.165) is 22.5 Å². The summed E-state index contributed by atoms with van der Waals surface area (Å²) >= 11 is 0. The average Bonchev–Trinajstić information content (AvgIpc) is 2.93. The molecule has 3 rings (SSSR count). The van der Waals surface area contributed by atoms with Gasteiger partial charge in [0.2, 0.25) is 5.91 Å². The maximum absolute atomic E-state index is 13.0. The van der Waals surface area contributed by atoms with Crippen LogP contribution >= 0.6 is 0 Å². The molecule has 0 saturated heterocycles. The zero-order chi connectivity index (χ0) is 17.8. The van der Waals surface area contributed by atoms with Crippen molar-refractivity contribution < 1.29 is 4.79 Å². The maximum atomic E-state index is 13.0. The Labute approximate surface area is 148 Å². The lowest BCUT2D eigenvalue weighted by atomic mass is 10.2. The minimum atomic E-state index is 0.0665. The van der Waals surface area contributed by atoms with E-state index in [4.69, 9.17) is 4.98 Å². The van der Waals surface area contributed by atoms with Gasteiger partial charge in [0.1, 0.15) is 12.4 Å². The average molecular weight is 336 g/mol. The van der Waals surface area contributed by atoms with Crippen molar-refractivity contribution in [2.45, 2.75) is 20.0 Å². The molecule has 1 amide bonds. The second-order valence-electron chi connectivity index (χ2n) is 6.31. The number of imidazole rings is 1. The van der Waals surface area contributed by atoms with E-state index in [1.165, 1.54) is 0 Å². The number of anilines is 1. The highest BCUT2D eigenvalue weighted by molar-refractivity contribution is 5.94. The van der Waals surface area contributed by atoms with Crippen LogP contribution in [0.1, 0.15) is 12.7 Å². The summed E-state index contributed by atoms with van der Waals surface area (Å²) in [4.78, 5) is 21.6. The quantitative estimate of drug-likeness (QED) is 0.694. The van der Waals surface area contributed by atoms with E-state index < -0.39 is 0 Å². The SMILES string of the molecule is CCN(C(=O)Cn1c(CN(C)C)nc2ccccc21)c1ccccc1. The Morgan fingerprint density at radius 1 is 1.04 bits per heavy atom. The van der Waals surface area contributed by atoms with Crippen LogP contribution in [0.2, 0.25) is 0 Å². The molecule has 0 N–H and O–H groups in total. The van der Waals surface area contributed by atoms with Gasteiger partial charge in [-0.15, -0.1) is 0 Å². The number of amides is 1. The molecule has 0 aliphatic rings. The first-order valence-electron chi connectivity index (χ1n) is 8.54. The molecule has 1 heterocycles. The van der Waals surface area contributed by atoms with Crippen LogP contribution < -0.4 is 4.90 Å². The lowest BCUT2D eigenvalue weighted by Crippen LogP contribution is -2.34. The Balaban J connectivity index is 1.94. The van der Waals surface area contributed by atoms with E-state index >= 15 is 0 Å². The van der Waals surface area contributed by atoms with Crippen LogP contribution in [0.4, 0.5) is 5.69 Å². The predicted octanol–water partition coefficient (Wildman–Crippen LogP) is 3.15. The smallest absolute Gasteiger partial charge is 0.246 e. The minimum Gasteiger partial charge on any atom is -0.317 e. The van der Waals surface area contributed by atoms with Crippen LogP contribution in [0, 0.1) is 0 Å². The standard InChI is InChI=1S/C20H24N4O/c1-4-23(16-10-6-5-7-11-16)20(25)15-24-18-13-9-8-12-17(18)21-19(24)14-22(2)3/h5-13H,4,14-15H2,1-3H3. The molecule has 0 unspecified atom stereocenters. The summed E-state index contributed by atoms with van der Waals surface area (Å²) in [6.07, 6.45) is 0. The number of hydrogen-bond acceptors (Lipinski definition) is 3. The molecule has 0 aliphatic carbocycles. The molecule has 0 bridgehead atoms. The highest BCUT2D eigenvalue weighted by atomic mass is 16.2. The van der Waals surface area contributed by atoms with E-state index in [9.17, 15) is 4.79 Å². The molecular formula is C20H24N4O. The molecule has 0 radical (unpaired) electrons. The van der Waals surface area contributed by atoms with Crippen molar-refractivity contribution in [3.05, 3.63) is 60.4 Å². The van der Waals surface area contributed by atoms with Crippen molar-refractivity contribution in [1.82, 2.24) is 14.5 Å². The molecule has 130 valence electrons. The molecule has 2 aromatic carbocycles. The second kappa shape index (κ2) is 7.49. The monoisotopic (exact) mass is 336 g/mol. The number of aromatic nitrogens is 2. The minimum absolute atomic E-state index is 0.0665. The number of carbonyl (C=O) groups excluding carboxylic acids is 1. The predicted molar refractivity (Wildman–Crippen MR) is 102 cm³/mol. The van der Waals surface area contributed by atoms with Crippen molar-refractivity contribution in [2.24, 2.45) is 0 Å². The number of benzene rings is 2. The van der Waals surface area contributed by atoms with E-state index in [0.29, 0.717) is 13.1 Å². The van der Waals surface area contributed by atoms with Crippen LogP contribution in [-0.4, -0.2) is 41.0 Å². The van der Waals surface area contributed by atoms with Crippen molar-refractivity contribution in [3.8, 4) is 0 Å². The third-order valence-corrected chi connectivity index (χ3v) is 4.17. The Morgan fingerprint density at radius 2 is 1.72 bits per heavy atom. The normalized spacial score (nSPS) is 11.2. The van der Waals surface area contributed by atoms with E-state index in [2.05, 4.69) is 4.90 Å². The number of para-hydroxylation sites is 3. The Kier molecular flexibility index (Phi) is 5.14. The Hall–Kier alpha value is -2.66. The summed E-state index contributed by atoms with van der Waals surface area (Å²) in [5.41, 5.74) is 2.85. The molecule has 0 saturated carbocycles. The fraction of sp³-hybridized carbons (Fsp3) is 0.300. The number of carbonyl (C=O) groups is 1. The molecule has 25 heavy (non-hydrogen) atoms. The van der Waals surface area contributed by atoms with E-state index in [1.54, 1.807) is 0 Å². The lowest BCUT2D eigenvalue weighted by molar-refractivity contribution is -0.119. The van der Waals surface area contributed by atoms with Gasteiger partial charge in [-0.2, -0.15) is 0 Å². The summed E-state index contributed by atoms with van der Waals surface area (Å²) < 4.78 is 2.03. The molecule has 1 aromatic heterocycles. The molecule has 0 aliphatic heterocycles. The van der Waals surface area contributed by atoms with Gasteiger partial charge in [0, 0.05) is 12.2 Å². The van der Waals surface area contributed by atoms with Crippen molar-refractivity contribution in [1.29, 1.82) is 0 Å². The van der Waals surface area contributed by atoms with Crippen LogP contribution in [0.25, 0.3) is 11.0 Å². The summed E-state index contributed by atoms with van der Waals surface area (Å²) in [7, 11) is 4.02. The number of hydrogen-bond donors (Lipinski definition) is 0. The van der Waals surface area contributed by atoms with Gasteiger partial charge in [0.15, 0.2) is 0 Å². The third kappa shape index (κ3) is 3.72. The second-order valence-corrected chi connectivity index (χ2v) is 6.31. The molecule has 0 fully saturated rings. The number of nitrogens with zero attached hydrogens (tertiary/aromatic N) is 4. The first-order chi connectivity index (χ1) is 12.1. The lowest BCUT2D eigenvalue weighted by Gasteiger charge is -2.22. The van der Waals surface area contributed by atoms with Crippen molar-refractivity contribution in [3.63, 3.8) is 0 Å². The first-order valence-corrected chi connectivity index (χ1v) is 8.54. The fourth-order valence-electron chi connectivity index (χ4n) is 3.04. The zero-order valence-electron chi connectivity index (χ0n) is 15.0. The molecule has 5 nitrogen and oxygen atoms in total. The van der Waals surface area contributed by atoms with E-state index in [-0.39, 0.29) is 12.5 Å². The summed E-state index contributed by atoms with van der Waals surface area (Å²) in [6.45, 7) is 3.61. The zero-order valence-corrected chi connectivity index (χ0v) is 15.0.